The van der Waals surface area contributed by atoms with Crippen molar-refractivity contribution >= 4 is 34.4 Å². The molecule has 1 aromatic heterocycles. The van der Waals surface area contributed by atoms with Crippen LogP contribution in [0.1, 0.15) is 54.0 Å². The Bertz CT molecular complexity index is 974. The maximum atomic E-state index is 10.8. The fourth-order valence-electron chi connectivity index (χ4n) is 3.67. The standard InChI is InChI=1S/C12H15NO4.C6H10N2O2S2.CH3NO/c13-10-8-6(1-3-11(8,14)15)5-7-2-4-12(16,17)9(7)10;1-6(2,9)5-8-3-4(11-5)12(7)10;2-1-3/h5,14-17H,1-4,13H2;3,9H,7H2,1-2H3;1H,(H2,2,3). The minimum absolute atomic E-state index is 0.113. The van der Waals surface area contributed by atoms with Crippen LogP contribution in [0.3, 0.4) is 0 Å². The third-order valence-corrected chi connectivity index (χ3v) is 7.37. The van der Waals surface area contributed by atoms with Crippen molar-refractivity contribution in [1.29, 1.82) is 0 Å². The highest BCUT2D eigenvalue weighted by molar-refractivity contribution is 7.85. The van der Waals surface area contributed by atoms with Crippen LogP contribution in [0.2, 0.25) is 0 Å². The van der Waals surface area contributed by atoms with Gasteiger partial charge in [-0.15, -0.1) is 11.3 Å². The lowest BCUT2D eigenvalue weighted by Gasteiger charge is -2.24. The first-order chi connectivity index (χ1) is 14.7. The largest absolute Gasteiger partial charge is 0.398 e. The summed E-state index contributed by atoms with van der Waals surface area (Å²) in [6, 6.07) is 1.81. The molecule has 0 spiro atoms. The first kappa shape index (κ1) is 26.3. The third kappa shape index (κ3) is 5.50. The number of nitrogens with zero attached hydrogens (tertiary/aromatic N) is 1. The molecule has 0 fully saturated rings. The Kier molecular flexibility index (Phi) is 7.79. The molecule has 1 amide bonds. The minimum atomic E-state index is -1.95. The van der Waals surface area contributed by atoms with E-state index in [9.17, 15) is 29.7 Å². The average molecular weight is 489 g/mol. The summed E-state index contributed by atoms with van der Waals surface area (Å²) >= 11 is 1.16. The number of aliphatic hydroxyl groups is 5. The van der Waals surface area contributed by atoms with Gasteiger partial charge in [0.15, 0.2) is 11.6 Å². The topological polar surface area (TPSA) is 226 Å². The van der Waals surface area contributed by atoms with E-state index in [1.165, 1.54) is 6.20 Å². The van der Waals surface area contributed by atoms with Crippen molar-refractivity contribution in [3.8, 4) is 0 Å². The van der Waals surface area contributed by atoms with Gasteiger partial charge in [0.2, 0.25) is 6.41 Å². The summed E-state index contributed by atoms with van der Waals surface area (Å²) in [4.78, 5) is 12.5. The summed E-state index contributed by atoms with van der Waals surface area (Å²) < 4.78 is 11.2. The number of aryl methyl sites for hydroxylation is 2. The number of hydrogen-bond acceptors (Lipinski definition) is 10. The molecule has 4 rings (SSSR count). The SMILES string of the molecule is CC(C)(O)c1ncc(S(N)=O)s1.NC=O.Nc1c2c(cc3c1C(O)(O)CC3)CCC2(O)O. The van der Waals surface area contributed by atoms with Crippen molar-refractivity contribution < 1.29 is 34.5 Å². The van der Waals surface area contributed by atoms with E-state index in [1.54, 1.807) is 13.8 Å². The van der Waals surface area contributed by atoms with Crippen LogP contribution in [0.15, 0.2) is 16.5 Å². The predicted octanol–water partition coefficient (Wildman–Crippen LogP) is -1.11. The maximum absolute atomic E-state index is 10.8. The van der Waals surface area contributed by atoms with Crippen molar-refractivity contribution in [1.82, 2.24) is 4.98 Å². The molecule has 11 N–H and O–H groups in total. The first-order valence-corrected chi connectivity index (χ1v) is 11.5. The number of aromatic nitrogens is 1. The molecule has 0 bridgehead atoms. The van der Waals surface area contributed by atoms with Gasteiger partial charge in [-0.1, -0.05) is 6.07 Å². The number of thiazole rings is 1. The molecule has 13 heteroatoms. The summed E-state index contributed by atoms with van der Waals surface area (Å²) in [5.41, 5.74) is 11.3. The lowest BCUT2D eigenvalue weighted by molar-refractivity contribution is -0.169. The Morgan fingerprint density at radius 3 is 1.88 bits per heavy atom. The van der Waals surface area contributed by atoms with Crippen LogP contribution in [0.4, 0.5) is 5.69 Å². The van der Waals surface area contributed by atoms with Gasteiger partial charge in [-0.3, -0.25) is 4.79 Å². The molecule has 1 heterocycles. The number of anilines is 1. The lowest BCUT2D eigenvalue weighted by Crippen LogP contribution is -2.27. The number of carbonyl (C=O) groups excluding carboxylic acids is 1. The van der Waals surface area contributed by atoms with Crippen molar-refractivity contribution in [3.63, 3.8) is 0 Å². The van der Waals surface area contributed by atoms with Crippen LogP contribution in [-0.4, -0.2) is 41.1 Å². The number of carbonyl (C=O) groups is 1. The molecule has 2 aliphatic carbocycles. The highest BCUT2D eigenvalue weighted by atomic mass is 32.2. The minimum Gasteiger partial charge on any atom is -0.398 e. The number of rotatable bonds is 2. The number of amides is 1. The molecule has 1 aromatic carbocycles. The monoisotopic (exact) mass is 488 g/mol. The van der Waals surface area contributed by atoms with Gasteiger partial charge in [-0.05, 0) is 37.8 Å². The van der Waals surface area contributed by atoms with Crippen LogP contribution in [0, 0.1) is 0 Å². The molecule has 32 heavy (non-hydrogen) atoms. The van der Waals surface area contributed by atoms with Gasteiger partial charge in [0, 0.05) is 29.7 Å². The molecule has 0 saturated carbocycles. The van der Waals surface area contributed by atoms with Gasteiger partial charge >= 0.3 is 0 Å². The molecular weight excluding hydrogens is 460 g/mol. The Balaban J connectivity index is 0.000000213. The molecule has 178 valence electrons. The summed E-state index contributed by atoms with van der Waals surface area (Å²) in [7, 11) is -1.50. The molecule has 0 saturated heterocycles. The zero-order chi connectivity index (χ0) is 24.5. The molecule has 0 radical (unpaired) electrons. The highest BCUT2D eigenvalue weighted by Gasteiger charge is 2.44. The third-order valence-electron chi connectivity index (χ3n) is 5.02. The Hall–Kier alpha value is -1.97. The Morgan fingerprint density at radius 1 is 1.12 bits per heavy atom. The quantitative estimate of drug-likeness (QED) is 0.145. The highest BCUT2D eigenvalue weighted by Crippen LogP contribution is 2.47. The van der Waals surface area contributed by atoms with Gasteiger partial charge in [0.25, 0.3) is 0 Å². The van der Waals surface area contributed by atoms with E-state index < -0.39 is 28.2 Å². The second-order valence-electron chi connectivity index (χ2n) is 7.97. The van der Waals surface area contributed by atoms with Crippen LogP contribution < -0.4 is 16.6 Å². The van der Waals surface area contributed by atoms with Gasteiger partial charge < -0.3 is 37.0 Å². The second-order valence-corrected chi connectivity index (χ2v) is 10.3. The smallest absolute Gasteiger partial charge is 0.204 e. The van der Waals surface area contributed by atoms with Crippen molar-refractivity contribution in [2.75, 3.05) is 5.73 Å². The number of nitrogen functional groups attached to an aromatic ring is 1. The Labute approximate surface area is 191 Å². The van der Waals surface area contributed by atoms with Crippen molar-refractivity contribution in [2.45, 2.75) is 60.9 Å². The molecule has 1 atom stereocenters. The Morgan fingerprint density at radius 2 is 1.56 bits per heavy atom. The van der Waals surface area contributed by atoms with E-state index in [2.05, 4.69) is 10.7 Å². The number of benzene rings is 1. The predicted molar refractivity (Wildman–Crippen MR) is 118 cm³/mol. The van der Waals surface area contributed by atoms with E-state index in [1.807, 2.05) is 6.07 Å². The van der Waals surface area contributed by atoms with E-state index >= 15 is 0 Å². The maximum Gasteiger partial charge on any atom is 0.204 e. The van der Waals surface area contributed by atoms with E-state index in [4.69, 9.17) is 15.7 Å². The van der Waals surface area contributed by atoms with E-state index in [-0.39, 0.29) is 36.1 Å². The van der Waals surface area contributed by atoms with Crippen LogP contribution in [0.5, 0.6) is 0 Å². The summed E-state index contributed by atoms with van der Waals surface area (Å²) in [5, 5.41) is 54.5. The molecule has 0 aliphatic heterocycles. The van der Waals surface area contributed by atoms with Gasteiger partial charge in [-0.2, -0.15) is 0 Å². The van der Waals surface area contributed by atoms with Crippen LogP contribution >= 0.6 is 11.3 Å². The summed E-state index contributed by atoms with van der Waals surface area (Å²) in [6.45, 7) is 3.24. The average Bonchev–Trinajstić information content (AvgIpc) is 3.33. The number of primary amides is 1. The van der Waals surface area contributed by atoms with Crippen LogP contribution in [-0.2, 0) is 45.8 Å². The summed E-state index contributed by atoms with van der Waals surface area (Å²) in [5.74, 6) is -3.90. The number of nitrogens with two attached hydrogens (primary N) is 3. The second kappa shape index (κ2) is 9.49. The van der Waals surface area contributed by atoms with E-state index in [0.717, 1.165) is 22.5 Å². The molecule has 2 aromatic rings. The van der Waals surface area contributed by atoms with E-state index in [0.29, 0.717) is 22.1 Å². The first-order valence-electron chi connectivity index (χ1n) is 9.50. The number of hydrogen-bond donors (Lipinski definition) is 8. The fraction of sp³-hybridized carbons (Fsp3) is 0.474. The van der Waals surface area contributed by atoms with Crippen molar-refractivity contribution in [2.24, 2.45) is 10.9 Å². The van der Waals surface area contributed by atoms with Crippen molar-refractivity contribution in [3.05, 3.63) is 39.5 Å². The zero-order valence-electron chi connectivity index (χ0n) is 17.6. The molecule has 11 nitrogen and oxygen atoms in total. The zero-order valence-corrected chi connectivity index (χ0v) is 19.2. The summed E-state index contributed by atoms with van der Waals surface area (Å²) in [6.07, 6.45) is 3.15. The van der Waals surface area contributed by atoms with Crippen LogP contribution in [0.25, 0.3) is 0 Å². The lowest BCUT2D eigenvalue weighted by atomic mass is 9.95. The van der Waals surface area contributed by atoms with Gasteiger partial charge in [0.05, 0.1) is 6.20 Å². The molecular formula is C19H28N4O7S2. The molecule has 2 aliphatic rings. The molecule has 1 unspecified atom stereocenters. The van der Waals surface area contributed by atoms with Gasteiger partial charge in [0.1, 0.15) is 25.8 Å². The fourth-order valence-corrected chi connectivity index (χ4v) is 5.04. The van der Waals surface area contributed by atoms with Gasteiger partial charge in [-0.25, -0.2) is 14.3 Å². The number of fused-ring (bicyclic) bond motifs is 2. The normalized spacial score (nSPS) is 18.4.